The second kappa shape index (κ2) is 8.79. The smallest absolute Gasteiger partial charge is 0.251 e. The zero-order chi connectivity index (χ0) is 22.9. The van der Waals surface area contributed by atoms with Crippen molar-refractivity contribution in [3.8, 4) is 11.3 Å². The number of furan rings is 1. The number of nitrogens with one attached hydrogen (secondary N) is 1. The van der Waals surface area contributed by atoms with Crippen LogP contribution in [0.15, 0.2) is 53.0 Å². The number of primary amides is 1. The van der Waals surface area contributed by atoms with E-state index in [-0.39, 0.29) is 11.3 Å². The molecule has 32 heavy (non-hydrogen) atoms. The summed E-state index contributed by atoms with van der Waals surface area (Å²) in [6, 6.07) is 13.5. The number of rotatable bonds is 5. The Kier molecular flexibility index (Phi) is 6.07. The summed E-state index contributed by atoms with van der Waals surface area (Å²) < 4.78 is 5.80. The lowest BCUT2D eigenvalue weighted by molar-refractivity contribution is -0.111. The molecule has 3 N–H and O–H groups in total. The number of thiophene rings is 1. The maximum absolute atomic E-state index is 12.6. The molecule has 0 spiro atoms. The molecule has 6 heteroatoms. The number of carbonyl (C=O) groups excluding carboxylic acids is 2. The molecule has 1 aliphatic carbocycles. The maximum atomic E-state index is 12.6. The molecule has 0 saturated carbocycles. The average molecular weight is 449 g/mol. The number of amides is 2. The van der Waals surface area contributed by atoms with E-state index in [9.17, 15) is 9.59 Å². The fourth-order valence-corrected chi connectivity index (χ4v) is 5.52. The van der Waals surface area contributed by atoms with Crippen LogP contribution in [0.3, 0.4) is 0 Å². The third kappa shape index (κ3) is 4.70. The van der Waals surface area contributed by atoms with Crippen molar-refractivity contribution in [3.05, 3.63) is 70.3 Å². The summed E-state index contributed by atoms with van der Waals surface area (Å²) in [5.74, 6) is 1.04. The van der Waals surface area contributed by atoms with E-state index < -0.39 is 5.91 Å². The highest BCUT2D eigenvalue weighted by molar-refractivity contribution is 7.17. The van der Waals surface area contributed by atoms with E-state index in [1.165, 1.54) is 17.4 Å². The molecule has 4 rings (SSSR count). The van der Waals surface area contributed by atoms with Crippen LogP contribution in [0.2, 0.25) is 0 Å². The molecule has 2 heterocycles. The lowest BCUT2D eigenvalue weighted by atomic mass is 9.72. The predicted molar refractivity (Wildman–Crippen MR) is 130 cm³/mol. The summed E-state index contributed by atoms with van der Waals surface area (Å²) in [7, 11) is 0. The van der Waals surface area contributed by atoms with Gasteiger partial charge >= 0.3 is 0 Å². The predicted octanol–water partition coefficient (Wildman–Crippen LogP) is 5.91. The zero-order valence-electron chi connectivity index (χ0n) is 18.6. The van der Waals surface area contributed by atoms with E-state index >= 15 is 0 Å². The second-order valence-electron chi connectivity index (χ2n) is 9.27. The molecule has 1 aliphatic rings. The van der Waals surface area contributed by atoms with Gasteiger partial charge in [0.1, 0.15) is 16.5 Å². The maximum Gasteiger partial charge on any atom is 0.251 e. The molecule has 1 atom stereocenters. The van der Waals surface area contributed by atoms with Gasteiger partial charge in [-0.25, -0.2) is 0 Å². The molecule has 2 amide bonds. The van der Waals surface area contributed by atoms with Gasteiger partial charge in [-0.2, -0.15) is 0 Å². The van der Waals surface area contributed by atoms with Crippen LogP contribution in [0.4, 0.5) is 5.00 Å². The van der Waals surface area contributed by atoms with Gasteiger partial charge in [-0.3, -0.25) is 9.59 Å². The van der Waals surface area contributed by atoms with Crippen LogP contribution in [0, 0.1) is 11.3 Å². The molecule has 0 bridgehead atoms. The van der Waals surface area contributed by atoms with Gasteiger partial charge in [0.2, 0.25) is 5.91 Å². The number of nitrogens with two attached hydrogens (primary N) is 1. The van der Waals surface area contributed by atoms with Gasteiger partial charge in [-0.1, -0.05) is 51.1 Å². The summed E-state index contributed by atoms with van der Waals surface area (Å²) in [6.07, 6.45) is 5.77. The van der Waals surface area contributed by atoms with Gasteiger partial charge in [0.05, 0.1) is 5.56 Å². The highest BCUT2D eigenvalue weighted by Crippen LogP contribution is 2.44. The molecule has 0 saturated heterocycles. The molecule has 3 aromatic rings. The highest BCUT2D eigenvalue weighted by atomic mass is 32.1. The van der Waals surface area contributed by atoms with Crippen molar-refractivity contribution in [3.63, 3.8) is 0 Å². The molecular weight excluding hydrogens is 420 g/mol. The summed E-state index contributed by atoms with van der Waals surface area (Å²) in [4.78, 5) is 25.9. The minimum absolute atomic E-state index is 0.197. The van der Waals surface area contributed by atoms with Crippen molar-refractivity contribution >= 4 is 34.2 Å². The first-order chi connectivity index (χ1) is 15.2. The number of fused-ring (bicyclic) bond motifs is 1. The normalized spacial score (nSPS) is 16.2. The molecular formula is C26H28N2O3S. The quantitative estimate of drug-likeness (QED) is 0.476. The Morgan fingerprint density at radius 3 is 2.59 bits per heavy atom. The lowest BCUT2D eigenvalue weighted by Gasteiger charge is -2.33. The first kappa shape index (κ1) is 22.1. The first-order valence-corrected chi connectivity index (χ1v) is 11.6. The van der Waals surface area contributed by atoms with Crippen molar-refractivity contribution in [2.24, 2.45) is 17.1 Å². The third-order valence-electron chi connectivity index (χ3n) is 6.06. The van der Waals surface area contributed by atoms with E-state index in [1.54, 1.807) is 6.08 Å². The summed E-state index contributed by atoms with van der Waals surface area (Å²) >= 11 is 1.47. The van der Waals surface area contributed by atoms with Crippen LogP contribution < -0.4 is 11.1 Å². The van der Waals surface area contributed by atoms with Crippen molar-refractivity contribution in [1.82, 2.24) is 0 Å². The fraction of sp³-hybridized carbons (Fsp3) is 0.308. The van der Waals surface area contributed by atoms with Crippen molar-refractivity contribution in [2.45, 2.75) is 40.0 Å². The number of hydrogen-bond acceptors (Lipinski definition) is 4. The highest BCUT2D eigenvalue weighted by Gasteiger charge is 2.33. The Labute approximate surface area is 192 Å². The SMILES string of the molecule is CC(C)(C)[C@@H]1CCc2c(sc(NC(=O)/C=C/c3ccc(-c4ccccc4)o3)c2C(N)=O)C1. The standard InChI is InChI=1S/C26H28N2O3S/c1-26(2,3)17-9-12-19-21(15-17)32-25(23(19)24(27)30)28-22(29)14-11-18-10-13-20(31-18)16-7-5-4-6-8-16/h4-8,10-11,13-14,17H,9,12,15H2,1-3H3,(H2,27,30)(H,28,29)/b14-11+/t17-/m1/s1. The Morgan fingerprint density at radius 2 is 1.91 bits per heavy atom. The van der Waals surface area contributed by atoms with Gasteiger partial charge in [-0.05, 0) is 54.4 Å². The molecule has 0 radical (unpaired) electrons. The van der Waals surface area contributed by atoms with E-state index in [1.807, 2.05) is 42.5 Å². The Morgan fingerprint density at radius 1 is 1.16 bits per heavy atom. The second-order valence-corrected chi connectivity index (χ2v) is 10.4. The minimum Gasteiger partial charge on any atom is -0.457 e. The van der Waals surface area contributed by atoms with E-state index in [0.717, 1.165) is 41.0 Å². The number of benzene rings is 1. The number of hydrogen-bond donors (Lipinski definition) is 2. The first-order valence-electron chi connectivity index (χ1n) is 10.8. The molecule has 1 aromatic carbocycles. The van der Waals surface area contributed by atoms with Crippen LogP contribution >= 0.6 is 11.3 Å². The number of carbonyl (C=O) groups is 2. The molecule has 5 nitrogen and oxygen atoms in total. The van der Waals surface area contributed by atoms with Crippen LogP contribution in [0.1, 0.15) is 53.8 Å². The summed E-state index contributed by atoms with van der Waals surface area (Å²) in [5, 5.41) is 3.40. The molecule has 166 valence electrons. The molecule has 2 aromatic heterocycles. The summed E-state index contributed by atoms with van der Waals surface area (Å²) in [6.45, 7) is 6.74. The zero-order valence-corrected chi connectivity index (χ0v) is 19.4. The topological polar surface area (TPSA) is 85.3 Å². The monoisotopic (exact) mass is 448 g/mol. The van der Waals surface area contributed by atoms with Gasteiger partial charge < -0.3 is 15.5 Å². The average Bonchev–Trinajstić information content (AvgIpc) is 3.36. The van der Waals surface area contributed by atoms with Crippen molar-refractivity contribution in [1.29, 1.82) is 0 Å². The van der Waals surface area contributed by atoms with E-state index in [0.29, 0.717) is 22.2 Å². The molecule has 0 unspecified atom stereocenters. The Hall–Kier alpha value is -3.12. The van der Waals surface area contributed by atoms with Gasteiger partial charge in [0, 0.05) is 16.5 Å². The minimum atomic E-state index is -0.491. The van der Waals surface area contributed by atoms with E-state index in [2.05, 4.69) is 26.1 Å². The van der Waals surface area contributed by atoms with Crippen LogP contribution in [-0.4, -0.2) is 11.8 Å². The Bertz CT molecular complexity index is 1170. The van der Waals surface area contributed by atoms with Gasteiger partial charge in [0.15, 0.2) is 0 Å². The molecule has 0 aliphatic heterocycles. The third-order valence-corrected chi connectivity index (χ3v) is 7.23. The van der Waals surface area contributed by atoms with Crippen LogP contribution in [-0.2, 0) is 17.6 Å². The van der Waals surface area contributed by atoms with Crippen molar-refractivity contribution in [2.75, 3.05) is 5.32 Å². The summed E-state index contributed by atoms with van der Waals surface area (Å²) in [5.41, 5.74) is 8.32. The van der Waals surface area contributed by atoms with Crippen molar-refractivity contribution < 1.29 is 14.0 Å². The van der Waals surface area contributed by atoms with Crippen LogP contribution in [0.5, 0.6) is 0 Å². The van der Waals surface area contributed by atoms with Crippen LogP contribution in [0.25, 0.3) is 17.4 Å². The van der Waals surface area contributed by atoms with Gasteiger partial charge in [-0.15, -0.1) is 11.3 Å². The lowest BCUT2D eigenvalue weighted by Crippen LogP contribution is -2.27. The Balaban J connectivity index is 1.50. The number of anilines is 1. The van der Waals surface area contributed by atoms with E-state index in [4.69, 9.17) is 10.2 Å². The van der Waals surface area contributed by atoms with Gasteiger partial charge in [0.25, 0.3) is 5.91 Å². The molecule has 0 fully saturated rings. The fourth-order valence-electron chi connectivity index (χ4n) is 4.19. The largest absolute Gasteiger partial charge is 0.457 e.